The smallest absolute Gasteiger partial charge is 0.270 e. The summed E-state index contributed by atoms with van der Waals surface area (Å²) in [6.07, 6.45) is 4.32. The number of carbonyl (C=O) groups is 1. The van der Waals surface area contributed by atoms with Gasteiger partial charge in [0.25, 0.3) is 5.91 Å². The summed E-state index contributed by atoms with van der Waals surface area (Å²) in [6, 6.07) is 6.60. The molecule has 2 rings (SSSR count). The van der Waals surface area contributed by atoms with Crippen molar-refractivity contribution < 1.29 is 10.0 Å². The molecule has 0 unspecified atom stereocenters. The van der Waals surface area contributed by atoms with Gasteiger partial charge in [0.05, 0.1) is 6.04 Å². The van der Waals surface area contributed by atoms with Gasteiger partial charge < -0.3 is 10.7 Å². The number of hydrogen-bond acceptors (Lipinski definition) is 5. The van der Waals surface area contributed by atoms with Crippen LogP contribution in [-0.2, 0) is 4.79 Å². The first-order chi connectivity index (χ1) is 10.7. The predicted molar refractivity (Wildman–Crippen MR) is 84.1 cm³/mol. The highest BCUT2D eigenvalue weighted by molar-refractivity contribution is 6.03. The van der Waals surface area contributed by atoms with E-state index in [0.717, 1.165) is 11.1 Å². The van der Waals surface area contributed by atoms with E-state index in [1.807, 2.05) is 31.2 Å². The molecule has 1 aliphatic rings. The van der Waals surface area contributed by atoms with Crippen LogP contribution in [0, 0.1) is 17.3 Å². The molecule has 1 amide bonds. The second-order valence-electron chi connectivity index (χ2n) is 4.70. The summed E-state index contributed by atoms with van der Waals surface area (Å²) >= 11 is 0. The molecule has 0 fully saturated rings. The van der Waals surface area contributed by atoms with Crippen LogP contribution in [0.25, 0.3) is 0 Å². The van der Waals surface area contributed by atoms with Crippen molar-refractivity contribution in [1.29, 1.82) is 5.41 Å². The van der Waals surface area contributed by atoms with Gasteiger partial charge in [-0.15, -0.1) is 0 Å². The van der Waals surface area contributed by atoms with Gasteiger partial charge in [-0.3, -0.25) is 15.0 Å². The Bertz CT molecular complexity index is 680. The summed E-state index contributed by atoms with van der Waals surface area (Å²) in [4.78, 5) is 15.8. The quantitative estimate of drug-likeness (QED) is 0.288. The molecule has 0 aromatic heterocycles. The first kappa shape index (κ1) is 15.5. The molecule has 6 heteroatoms. The normalized spacial score (nSPS) is 19.8. The minimum absolute atomic E-state index is 0.187. The number of amides is 1. The van der Waals surface area contributed by atoms with Crippen molar-refractivity contribution in [3.05, 3.63) is 47.5 Å². The average Bonchev–Trinajstić information content (AvgIpc) is 2.93. The number of rotatable bonds is 3. The van der Waals surface area contributed by atoms with Crippen LogP contribution in [0.2, 0.25) is 0 Å². The maximum atomic E-state index is 11.5. The number of carbonyl (C=O) groups excluding carboxylic acids is 1. The maximum absolute atomic E-state index is 11.5. The Kier molecular flexibility index (Phi) is 5.07. The van der Waals surface area contributed by atoms with Gasteiger partial charge in [-0.25, -0.2) is 5.48 Å². The van der Waals surface area contributed by atoms with Gasteiger partial charge in [0, 0.05) is 17.3 Å². The summed E-state index contributed by atoms with van der Waals surface area (Å²) in [5.41, 5.74) is 3.32. The average molecular weight is 296 g/mol. The van der Waals surface area contributed by atoms with Gasteiger partial charge in [0.15, 0.2) is 6.04 Å². The Balaban J connectivity index is 2.13. The Labute approximate surface area is 128 Å². The van der Waals surface area contributed by atoms with E-state index < -0.39 is 11.9 Å². The largest absolute Gasteiger partial charge is 0.365 e. The molecule has 0 saturated carbocycles. The third kappa shape index (κ3) is 3.59. The van der Waals surface area contributed by atoms with E-state index in [4.69, 9.17) is 10.6 Å². The molecule has 1 aromatic carbocycles. The van der Waals surface area contributed by atoms with Crippen molar-refractivity contribution in [2.45, 2.75) is 19.0 Å². The fourth-order valence-corrected chi connectivity index (χ4v) is 2.03. The fourth-order valence-electron chi connectivity index (χ4n) is 2.03. The van der Waals surface area contributed by atoms with Crippen molar-refractivity contribution in [3.8, 4) is 11.8 Å². The summed E-state index contributed by atoms with van der Waals surface area (Å²) in [5, 5.41) is 18.7. The number of benzene rings is 1. The lowest BCUT2D eigenvalue weighted by Gasteiger charge is -2.10. The van der Waals surface area contributed by atoms with E-state index in [2.05, 4.69) is 22.2 Å². The van der Waals surface area contributed by atoms with Crippen molar-refractivity contribution in [1.82, 2.24) is 10.8 Å². The van der Waals surface area contributed by atoms with E-state index in [9.17, 15) is 4.79 Å². The summed E-state index contributed by atoms with van der Waals surface area (Å²) in [6.45, 7) is 1.83. The highest BCUT2D eigenvalue weighted by Crippen LogP contribution is 2.13. The van der Waals surface area contributed by atoms with Gasteiger partial charge >= 0.3 is 0 Å². The minimum atomic E-state index is -0.647. The Morgan fingerprint density at radius 3 is 2.82 bits per heavy atom. The molecular formula is C16H16N4O2. The van der Waals surface area contributed by atoms with E-state index >= 15 is 0 Å². The van der Waals surface area contributed by atoms with E-state index in [1.54, 1.807) is 17.6 Å². The highest BCUT2D eigenvalue weighted by atomic mass is 16.5. The molecule has 0 aliphatic carbocycles. The molecule has 2 atom stereocenters. The third-order valence-electron chi connectivity index (χ3n) is 3.14. The summed E-state index contributed by atoms with van der Waals surface area (Å²) < 4.78 is 0. The number of aliphatic imine (C=N–C) groups is 1. The van der Waals surface area contributed by atoms with Gasteiger partial charge in [-0.2, -0.15) is 0 Å². The van der Waals surface area contributed by atoms with Crippen LogP contribution in [0.4, 0.5) is 0 Å². The number of nitrogens with one attached hydrogen (secondary N) is 3. The standard InChI is InChI=1S/C16H16N4O2/c1-11-14(16(21)20-22)19-15(18-11)13-8-6-12(7-9-13)5-3-2-4-10-17/h2,4,6-11,14,17,22H,1H3,(H,18,19)(H,20,21)/b4-2+,17-10?/t11-,14+/m1/s1. The first-order valence-corrected chi connectivity index (χ1v) is 6.71. The Morgan fingerprint density at radius 2 is 2.18 bits per heavy atom. The molecule has 22 heavy (non-hydrogen) atoms. The molecule has 0 spiro atoms. The monoisotopic (exact) mass is 296 g/mol. The molecule has 112 valence electrons. The number of nitrogens with zero attached hydrogens (tertiary/aromatic N) is 1. The summed E-state index contributed by atoms with van der Waals surface area (Å²) in [5.74, 6) is 5.85. The molecule has 0 radical (unpaired) electrons. The van der Waals surface area contributed by atoms with Gasteiger partial charge in [-0.05, 0) is 31.2 Å². The van der Waals surface area contributed by atoms with Crippen LogP contribution in [0.1, 0.15) is 18.1 Å². The van der Waals surface area contributed by atoms with E-state index in [0.29, 0.717) is 5.84 Å². The Hall–Kier alpha value is -2.91. The number of amidine groups is 1. The van der Waals surface area contributed by atoms with Crippen LogP contribution in [0.3, 0.4) is 0 Å². The van der Waals surface area contributed by atoms with Crippen molar-refractivity contribution in [3.63, 3.8) is 0 Å². The van der Waals surface area contributed by atoms with Gasteiger partial charge in [-0.1, -0.05) is 24.0 Å². The van der Waals surface area contributed by atoms with Crippen LogP contribution in [-0.4, -0.2) is 35.2 Å². The lowest BCUT2D eigenvalue weighted by atomic mass is 10.1. The van der Waals surface area contributed by atoms with Gasteiger partial charge in [0.2, 0.25) is 0 Å². The molecule has 1 aromatic rings. The molecule has 4 N–H and O–H groups in total. The zero-order valence-corrected chi connectivity index (χ0v) is 12.0. The number of allylic oxidation sites excluding steroid dienone is 2. The zero-order valence-electron chi connectivity index (χ0n) is 12.0. The van der Waals surface area contributed by atoms with E-state index in [1.165, 1.54) is 6.21 Å². The third-order valence-corrected chi connectivity index (χ3v) is 3.14. The zero-order chi connectivity index (χ0) is 15.9. The second kappa shape index (κ2) is 7.20. The maximum Gasteiger partial charge on any atom is 0.270 e. The number of hydroxylamine groups is 1. The lowest BCUT2D eigenvalue weighted by molar-refractivity contribution is -0.130. The van der Waals surface area contributed by atoms with Crippen LogP contribution in [0.15, 0.2) is 41.4 Å². The highest BCUT2D eigenvalue weighted by Gasteiger charge is 2.31. The summed E-state index contributed by atoms with van der Waals surface area (Å²) in [7, 11) is 0. The molecular weight excluding hydrogens is 280 g/mol. The molecule has 6 nitrogen and oxygen atoms in total. The molecule has 0 bridgehead atoms. The molecule has 0 saturated heterocycles. The second-order valence-corrected chi connectivity index (χ2v) is 4.70. The van der Waals surface area contributed by atoms with Crippen LogP contribution in [0.5, 0.6) is 0 Å². The van der Waals surface area contributed by atoms with Gasteiger partial charge in [0.1, 0.15) is 5.84 Å². The lowest BCUT2D eigenvalue weighted by Crippen LogP contribution is -2.41. The topological polar surface area (TPSA) is 97.6 Å². The van der Waals surface area contributed by atoms with Crippen molar-refractivity contribution in [2.75, 3.05) is 0 Å². The Morgan fingerprint density at radius 1 is 1.45 bits per heavy atom. The molecule has 1 heterocycles. The first-order valence-electron chi connectivity index (χ1n) is 6.71. The minimum Gasteiger partial charge on any atom is -0.365 e. The SMILES string of the molecule is C[C@H]1NC(c2ccc(C#C/C=C/C=N)cc2)=N[C@@H]1C(=O)NO. The fraction of sp³-hybridized carbons (Fsp3) is 0.188. The van der Waals surface area contributed by atoms with Crippen molar-refractivity contribution >= 4 is 18.0 Å². The van der Waals surface area contributed by atoms with E-state index in [-0.39, 0.29) is 6.04 Å². The van der Waals surface area contributed by atoms with Crippen LogP contribution < -0.4 is 10.8 Å². The number of hydrogen-bond donors (Lipinski definition) is 4. The van der Waals surface area contributed by atoms with Crippen LogP contribution >= 0.6 is 0 Å². The van der Waals surface area contributed by atoms with Crippen molar-refractivity contribution in [2.24, 2.45) is 4.99 Å². The molecule has 1 aliphatic heterocycles. The predicted octanol–water partition coefficient (Wildman–Crippen LogP) is 0.856.